The Bertz CT molecular complexity index is 675. The highest BCUT2D eigenvalue weighted by atomic mass is 16.5. The fourth-order valence-corrected chi connectivity index (χ4v) is 2.78. The molecule has 5 heteroatoms. The van der Waals surface area contributed by atoms with E-state index in [-0.39, 0.29) is 5.56 Å². The molecule has 5 nitrogen and oxygen atoms in total. The Labute approximate surface area is 123 Å². The molecule has 0 unspecified atom stereocenters. The highest BCUT2D eigenvalue weighted by Gasteiger charge is 2.14. The monoisotopic (exact) mass is 288 g/mol. The molecule has 1 aromatic carbocycles. The first-order valence-corrected chi connectivity index (χ1v) is 7.39. The zero-order valence-corrected chi connectivity index (χ0v) is 12.2. The summed E-state index contributed by atoms with van der Waals surface area (Å²) >= 11 is 0. The lowest BCUT2D eigenvalue weighted by molar-refractivity contribution is 0.0499. The van der Waals surface area contributed by atoms with Gasteiger partial charge in [0.15, 0.2) is 0 Å². The van der Waals surface area contributed by atoms with Gasteiger partial charge in [0, 0.05) is 19.8 Å². The molecule has 0 saturated carbocycles. The predicted octanol–water partition coefficient (Wildman–Crippen LogP) is 2.22. The molecular formula is C16H20N2O3. The Hall–Kier alpha value is -1.88. The summed E-state index contributed by atoms with van der Waals surface area (Å²) in [6.45, 7) is 2.37. The molecule has 0 spiro atoms. The third-order valence-corrected chi connectivity index (χ3v) is 4.06. The van der Waals surface area contributed by atoms with Crippen LogP contribution >= 0.6 is 0 Å². The number of ether oxygens (including phenoxy) is 2. The molecule has 0 bridgehead atoms. The number of rotatable bonds is 4. The molecule has 21 heavy (non-hydrogen) atoms. The number of hydrogen-bond donors (Lipinski definition) is 0. The maximum absolute atomic E-state index is 12.5. The molecule has 0 aliphatic carbocycles. The lowest BCUT2D eigenvalue weighted by Gasteiger charge is -2.22. The number of aryl methyl sites for hydroxylation is 1. The molecule has 1 aliphatic rings. The Morgan fingerprint density at radius 2 is 2.38 bits per heavy atom. The number of nitrogens with zero attached hydrogens (tertiary/aromatic N) is 2. The molecule has 0 amide bonds. The Morgan fingerprint density at radius 3 is 3.14 bits per heavy atom. The van der Waals surface area contributed by atoms with E-state index in [1.165, 1.54) is 6.42 Å². The highest BCUT2D eigenvalue weighted by Crippen LogP contribution is 2.18. The fraction of sp³-hybridized carbons (Fsp3) is 0.500. The van der Waals surface area contributed by atoms with Crippen molar-refractivity contribution in [2.24, 2.45) is 5.92 Å². The van der Waals surface area contributed by atoms with Gasteiger partial charge in [-0.15, -0.1) is 0 Å². The van der Waals surface area contributed by atoms with Gasteiger partial charge in [0.1, 0.15) is 5.75 Å². The molecule has 3 rings (SSSR count). The summed E-state index contributed by atoms with van der Waals surface area (Å²) in [6, 6.07) is 5.39. The molecule has 2 aromatic rings. The SMILES string of the molecule is COc1ccc2ncn(CC[C@@H]3CCCOC3)c(=O)c2c1. The van der Waals surface area contributed by atoms with Gasteiger partial charge in [-0.25, -0.2) is 4.98 Å². The molecular weight excluding hydrogens is 268 g/mol. The van der Waals surface area contributed by atoms with Crippen molar-refractivity contribution in [2.75, 3.05) is 20.3 Å². The first-order chi connectivity index (χ1) is 10.3. The van der Waals surface area contributed by atoms with Crippen LogP contribution in [-0.2, 0) is 11.3 Å². The molecule has 0 radical (unpaired) electrons. The fourth-order valence-electron chi connectivity index (χ4n) is 2.78. The van der Waals surface area contributed by atoms with Gasteiger partial charge in [-0.3, -0.25) is 9.36 Å². The van der Waals surface area contributed by atoms with E-state index in [4.69, 9.17) is 9.47 Å². The molecule has 1 aliphatic heterocycles. The van der Waals surface area contributed by atoms with E-state index in [0.29, 0.717) is 29.1 Å². The van der Waals surface area contributed by atoms with E-state index >= 15 is 0 Å². The van der Waals surface area contributed by atoms with Gasteiger partial charge in [-0.2, -0.15) is 0 Å². The van der Waals surface area contributed by atoms with Crippen molar-refractivity contribution in [2.45, 2.75) is 25.8 Å². The quantitative estimate of drug-likeness (QED) is 0.865. The minimum atomic E-state index is -0.00405. The first-order valence-electron chi connectivity index (χ1n) is 7.39. The smallest absolute Gasteiger partial charge is 0.261 e. The molecule has 0 N–H and O–H groups in total. The summed E-state index contributed by atoms with van der Waals surface area (Å²) in [6.07, 6.45) is 4.90. The van der Waals surface area contributed by atoms with Crippen molar-refractivity contribution in [3.63, 3.8) is 0 Å². The highest BCUT2D eigenvalue weighted by molar-refractivity contribution is 5.78. The normalized spacial score (nSPS) is 18.8. The van der Waals surface area contributed by atoms with Crippen LogP contribution < -0.4 is 10.3 Å². The summed E-state index contributed by atoms with van der Waals surface area (Å²) < 4.78 is 12.4. The van der Waals surface area contributed by atoms with Crippen molar-refractivity contribution in [3.8, 4) is 5.75 Å². The Balaban J connectivity index is 1.81. The van der Waals surface area contributed by atoms with E-state index in [1.807, 2.05) is 12.1 Å². The average molecular weight is 288 g/mol. The standard InChI is InChI=1S/C16H20N2O3/c1-20-13-4-5-15-14(9-13)16(19)18(11-17-15)7-6-12-3-2-8-21-10-12/h4-5,9,11-12H,2-3,6-8,10H2,1H3/t12-/m0/s1. The number of aromatic nitrogens is 2. The van der Waals surface area contributed by atoms with E-state index in [2.05, 4.69) is 4.98 Å². The number of hydrogen-bond acceptors (Lipinski definition) is 4. The second kappa shape index (κ2) is 6.26. The van der Waals surface area contributed by atoms with Gasteiger partial charge in [0.25, 0.3) is 5.56 Å². The average Bonchev–Trinajstić information content (AvgIpc) is 2.55. The van der Waals surface area contributed by atoms with E-state index in [1.54, 1.807) is 24.1 Å². The Morgan fingerprint density at radius 1 is 1.48 bits per heavy atom. The van der Waals surface area contributed by atoms with Crippen molar-refractivity contribution >= 4 is 10.9 Å². The van der Waals surface area contributed by atoms with Crippen LogP contribution in [0.2, 0.25) is 0 Å². The van der Waals surface area contributed by atoms with Crippen LogP contribution in [0, 0.1) is 5.92 Å². The summed E-state index contributed by atoms with van der Waals surface area (Å²) in [7, 11) is 1.60. The van der Waals surface area contributed by atoms with Crippen molar-refractivity contribution in [1.29, 1.82) is 0 Å². The van der Waals surface area contributed by atoms with Crippen LogP contribution in [-0.4, -0.2) is 29.9 Å². The van der Waals surface area contributed by atoms with E-state index in [0.717, 1.165) is 26.1 Å². The van der Waals surface area contributed by atoms with Crippen molar-refractivity contribution in [1.82, 2.24) is 9.55 Å². The zero-order chi connectivity index (χ0) is 14.7. The largest absolute Gasteiger partial charge is 0.497 e. The molecule has 1 fully saturated rings. The number of benzene rings is 1. The van der Waals surface area contributed by atoms with E-state index in [9.17, 15) is 4.79 Å². The van der Waals surface area contributed by atoms with Gasteiger partial charge in [0.2, 0.25) is 0 Å². The van der Waals surface area contributed by atoms with Crippen LogP contribution in [0.1, 0.15) is 19.3 Å². The van der Waals surface area contributed by atoms with Gasteiger partial charge in [0.05, 0.1) is 24.3 Å². The second-order valence-electron chi connectivity index (χ2n) is 5.50. The van der Waals surface area contributed by atoms with Gasteiger partial charge in [-0.1, -0.05) is 0 Å². The summed E-state index contributed by atoms with van der Waals surface area (Å²) in [4.78, 5) is 16.9. The van der Waals surface area contributed by atoms with Gasteiger partial charge >= 0.3 is 0 Å². The lowest BCUT2D eigenvalue weighted by atomic mass is 9.99. The molecule has 1 atom stereocenters. The van der Waals surface area contributed by atoms with Crippen LogP contribution in [0.3, 0.4) is 0 Å². The van der Waals surface area contributed by atoms with Crippen molar-refractivity contribution in [3.05, 3.63) is 34.9 Å². The summed E-state index contributed by atoms with van der Waals surface area (Å²) in [5.41, 5.74) is 0.702. The molecule has 1 saturated heterocycles. The van der Waals surface area contributed by atoms with Crippen molar-refractivity contribution < 1.29 is 9.47 Å². The summed E-state index contributed by atoms with van der Waals surface area (Å²) in [5.74, 6) is 1.23. The van der Waals surface area contributed by atoms with Crippen LogP contribution in [0.4, 0.5) is 0 Å². The maximum Gasteiger partial charge on any atom is 0.261 e. The molecule has 112 valence electrons. The topological polar surface area (TPSA) is 53.4 Å². The number of fused-ring (bicyclic) bond motifs is 1. The van der Waals surface area contributed by atoms with Crippen LogP contribution in [0.5, 0.6) is 5.75 Å². The third-order valence-electron chi connectivity index (χ3n) is 4.06. The maximum atomic E-state index is 12.5. The predicted molar refractivity (Wildman–Crippen MR) is 80.7 cm³/mol. The number of methoxy groups -OCH3 is 1. The van der Waals surface area contributed by atoms with E-state index < -0.39 is 0 Å². The van der Waals surface area contributed by atoms with Crippen LogP contribution in [0.25, 0.3) is 10.9 Å². The summed E-state index contributed by atoms with van der Waals surface area (Å²) in [5, 5.41) is 0.608. The second-order valence-corrected chi connectivity index (χ2v) is 5.50. The van der Waals surface area contributed by atoms with Gasteiger partial charge in [-0.05, 0) is 43.4 Å². The van der Waals surface area contributed by atoms with Crippen LogP contribution in [0.15, 0.2) is 29.3 Å². The molecule has 2 heterocycles. The molecule has 1 aromatic heterocycles. The Kier molecular flexibility index (Phi) is 4.20. The minimum Gasteiger partial charge on any atom is -0.497 e. The lowest BCUT2D eigenvalue weighted by Crippen LogP contribution is -2.24. The third kappa shape index (κ3) is 3.08. The first kappa shape index (κ1) is 14.1. The minimum absolute atomic E-state index is 0.00405. The zero-order valence-electron chi connectivity index (χ0n) is 12.2. The van der Waals surface area contributed by atoms with Gasteiger partial charge < -0.3 is 9.47 Å².